The van der Waals surface area contributed by atoms with Crippen LogP contribution >= 0.6 is 17.2 Å². The number of hydrogen-bond acceptors (Lipinski definition) is 8. The van der Waals surface area contributed by atoms with E-state index in [0.29, 0.717) is 5.75 Å². The summed E-state index contributed by atoms with van der Waals surface area (Å²) in [6.07, 6.45) is -0.857. The van der Waals surface area contributed by atoms with Crippen LogP contribution in [0.15, 0.2) is 36.4 Å². The molecular formula is C21H30O8P2. The molecule has 2 rings (SSSR count). The molecule has 0 saturated heterocycles. The van der Waals surface area contributed by atoms with Gasteiger partial charge in [0.25, 0.3) is 0 Å². The molecule has 1 atom stereocenters. The van der Waals surface area contributed by atoms with Crippen molar-refractivity contribution >= 4 is 17.2 Å². The minimum absolute atomic E-state index is 0.353. The van der Waals surface area contributed by atoms with E-state index in [0.717, 1.165) is 27.8 Å². The monoisotopic (exact) mass is 472 g/mol. The minimum atomic E-state index is -2.71. The molecule has 0 radical (unpaired) electrons. The molecule has 0 aromatic heterocycles. The van der Waals surface area contributed by atoms with Gasteiger partial charge in [-0.3, -0.25) is 0 Å². The Kier molecular flexibility index (Phi) is 9.77. The van der Waals surface area contributed by atoms with E-state index in [1.54, 1.807) is 0 Å². The van der Waals surface area contributed by atoms with Gasteiger partial charge in [0.05, 0.1) is 25.2 Å². The molecule has 5 N–H and O–H groups in total. The third-order valence-corrected chi connectivity index (χ3v) is 5.81. The van der Waals surface area contributed by atoms with Gasteiger partial charge in [0.15, 0.2) is 0 Å². The quantitative estimate of drug-likeness (QED) is 0.315. The molecule has 0 heterocycles. The summed E-state index contributed by atoms with van der Waals surface area (Å²) in [4.78, 5) is 37.3. The van der Waals surface area contributed by atoms with Crippen molar-refractivity contribution in [1.29, 1.82) is 0 Å². The summed E-state index contributed by atoms with van der Waals surface area (Å²) >= 11 is 0. The summed E-state index contributed by atoms with van der Waals surface area (Å²) in [5.74, 6) is 0.568. The highest BCUT2D eigenvalue weighted by molar-refractivity contribution is 7.39. The first-order valence-electron chi connectivity index (χ1n) is 9.61. The molecule has 0 aliphatic rings. The van der Waals surface area contributed by atoms with Crippen molar-refractivity contribution in [1.82, 2.24) is 0 Å². The fraction of sp³-hybridized carbons (Fsp3) is 0.429. The van der Waals surface area contributed by atoms with Crippen molar-refractivity contribution in [3.63, 3.8) is 0 Å². The van der Waals surface area contributed by atoms with Crippen molar-refractivity contribution < 1.29 is 38.5 Å². The summed E-state index contributed by atoms with van der Waals surface area (Å²) in [6.45, 7) is 6.48. The molecule has 0 aliphatic heterocycles. The van der Waals surface area contributed by atoms with Gasteiger partial charge in [0.1, 0.15) is 11.9 Å². The predicted molar refractivity (Wildman–Crippen MR) is 119 cm³/mol. The molecule has 10 heteroatoms. The molecule has 0 amide bonds. The molecule has 0 saturated carbocycles. The van der Waals surface area contributed by atoms with Crippen LogP contribution in [0.25, 0.3) is 0 Å². The second-order valence-corrected chi connectivity index (χ2v) is 9.23. The summed E-state index contributed by atoms with van der Waals surface area (Å²) < 4.78 is 16.6. The maximum Gasteiger partial charge on any atom is 0.327 e. The Hall–Kier alpha value is -1.18. The highest BCUT2D eigenvalue weighted by Gasteiger charge is 2.44. The molecule has 0 fully saturated rings. The molecule has 0 aliphatic carbocycles. The molecule has 0 bridgehead atoms. The Morgan fingerprint density at radius 2 is 1.32 bits per heavy atom. The van der Waals surface area contributed by atoms with Gasteiger partial charge in [-0.05, 0) is 50.5 Å². The van der Waals surface area contributed by atoms with Crippen LogP contribution in [-0.4, -0.2) is 44.5 Å². The number of benzene rings is 2. The SMILES string of the molecule is Cc1ccc(OC(c2ccc(C)cc2C)C(CO)(COP(O)O)COP(O)O)c(C)c1. The van der Waals surface area contributed by atoms with Crippen molar-refractivity contribution in [3.8, 4) is 5.75 Å². The predicted octanol–water partition coefficient (Wildman–Crippen LogP) is 3.48. The second kappa shape index (κ2) is 11.6. The third kappa shape index (κ3) is 7.16. The van der Waals surface area contributed by atoms with E-state index in [1.165, 1.54) is 0 Å². The van der Waals surface area contributed by atoms with Crippen LogP contribution in [0.1, 0.15) is 33.9 Å². The number of hydrogen-bond donors (Lipinski definition) is 5. The lowest BCUT2D eigenvalue weighted by Crippen LogP contribution is -2.44. The van der Waals surface area contributed by atoms with Gasteiger partial charge in [0, 0.05) is 0 Å². The highest BCUT2D eigenvalue weighted by atomic mass is 31.2. The molecule has 8 nitrogen and oxygen atoms in total. The van der Waals surface area contributed by atoms with Gasteiger partial charge in [0.2, 0.25) is 0 Å². The van der Waals surface area contributed by atoms with Gasteiger partial charge >= 0.3 is 17.2 Å². The highest BCUT2D eigenvalue weighted by Crippen LogP contribution is 2.44. The zero-order valence-electron chi connectivity index (χ0n) is 18.0. The van der Waals surface area contributed by atoms with Crippen LogP contribution in [0.4, 0.5) is 0 Å². The largest absolute Gasteiger partial charge is 0.485 e. The number of aliphatic hydroxyl groups is 1. The Morgan fingerprint density at radius 1 is 0.806 bits per heavy atom. The molecule has 2 aromatic rings. The summed E-state index contributed by atoms with van der Waals surface area (Å²) in [5.41, 5.74) is 3.23. The number of rotatable bonds is 11. The van der Waals surface area contributed by atoms with Crippen LogP contribution in [0.5, 0.6) is 5.75 Å². The van der Waals surface area contributed by atoms with Crippen LogP contribution in [0, 0.1) is 33.1 Å². The van der Waals surface area contributed by atoms with Crippen LogP contribution in [0.3, 0.4) is 0 Å². The fourth-order valence-corrected chi connectivity index (χ4v) is 4.18. The van der Waals surface area contributed by atoms with E-state index < -0.39 is 35.3 Å². The average molecular weight is 472 g/mol. The standard InChI is InChI=1S/C21H30O8P2/c1-14-5-7-18(16(3)9-14)20(29-19-8-6-15(2)10-17(19)4)21(11-22,12-27-30(23)24)13-28-31(25)26/h5-10,20,22-26H,11-13H2,1-4H3. The lowest BCUT2D eigenvalue weighted by molar-refractivity contribution is -0.0658. The Bertz CT molecular complexity index is 847. The number of ether oxygens (including phenoxy) is 1. The number of aryl methyl sites for hydroxylation is 4. The minimum Gasteiger partial charge on any atom is -0.485 e. The second-order valence-electron chi connectivity index (χ2n) is 7.70. The lowest BCUT2D eigenvalue weighted by Gasteiger charge is -2.39. The van der Waals surface area contributed by atoms with E-state index in [1.807, 2.05) is 64.1 Å². The molecule has 31 heavy (non-hydrogen) atoms. The summed E-state index contributed by atoms with van der Waals surface area (Å²) in [5, 5.41) is 10.4. The Morgan fingerprint density at radius 3 is 1.77 bits per heavy atom. The van der Waals surface area contributed by atoms with E-state index in [4.69, 9.17) is 13.8 Å². The first kappa shape index (κ1) is 26.1. The lowest BCUT2D eigenvalue weighted by atomic mass is 9.79. The zero-order valence-corrected chi connectivity index (χ0v) is 19.8. The topological polar surface area (TPSA) is 129 Å². The van der Waals surface area contributed by atoms with E-state index >= 15 is 0 Å². The maximum absolute atomic E-state index is 10.4. The molecule has 172 valence electrons. The smallest absolute Gasteiger partial charge is 0.327 e. The van der Waals surface area contributed by atoms with E-state index in [-0.39, 0.29) is 13.2 Å². The van der Waals surface area contributed by atoms with E-state index in [9.17, 15) is 24.7 Å². The molecule has 0 spiro atoms. The van der Waals surface area contributed by atoms with Crippen molar-refractivity contribution in [3.05, 3.63) is 64.2 Å². The summed E-state index contributed by atoms with van der Waals surface area (Å²) in [6, 6.07) is 11.4. The van der Waals surface area contributed by atoms with Gasteiger partial charge in [-0.1, -0.05) is 41.5 Å². The molecule has 1 unspecified atom stereocenters. The van der Waals surface area contributed by atoms with Gasteiger partial charge < -0.3 is 38.5 Å². The van der Waals surface area contributed by atoms with Crippen LogP contribution < -0.4 is 4.74 Å². The van der Waals surface area contributed by atoms with Gasteiger partial charge in [-0.15, -0.1) is 0 Å². The molecular weight excluding hydrogens is 442 g/mol. The Labute approximate surface area is 185 Å². The van der Waals surface area contributed by atoms with Crippen molar-refractivity contribution in [2.75, 3.05) is 19.8 Å². The zero-order chi connectivity index (χ0) is 23.2. The van der Waals surface area contributed by atoms with Gasteiger partial charge in [-0.25, -0.2) is 0 Å². The fourth-order valence-electron chi connectivity index (χ4n) is 3.44. The Balaban J connectivity index is 2.60. The van der Waals surface area contributed by atoms with Crippen LogP contribution in [0.2, 0.25) is 0 Å². The normalized spacial score (nSPS) is 13.1. The van der Waals surface area contributed by atoms with Gasteiger partial charge in [-0.2, -0.15) is 0 Å². The van der Waals surface area contributed by atoms with Crippen molar-refractivity contribution in [2.45, 2.75) is 33.8 Å². The average Bonchev–Trinajstić information content (AvgIpc) is 2.69. The first-order chi connectivity index (χ1) is 14.6. The van der Waals surface area contributed by atoms with Crippen LogP contribution in [-0.2, 0) is 9.05 Å². The number of aliphatic hydroxyl groups excluding tert-OH is 1. The third-order valence-electron chi connectivity index (χ3n) is 5.09. The first-order valence-corrected chi connectivity index (χ1v) is 11.9. The van der Waals surface area contributed by atoms with Crippen molar-refractivity contribution in [2.24, 2.45) is 5.41 Å². The molecule has 2 aromatic carbocycles. The maximum atomic E-state index is 10.4. The van der Waals surface area contributed by atoms with E-state index in [2.05, 4.69) is 0 Å². The summed E-state index contributed by atoms with van der Waals surface area (Å²) in [7, 11) is -5.43.